The van der Waals surface area contributed by atoms with E-state index in [1.165, 1.54) is 5.56 Å². The molecule has 112 valence electrons. The van der Waals surface area contributed by atoms with Crippen molar-refractivity contribution in [2.45, 2.75) is 26.9 Å². The van der Waals surface area contributed by atoms with Gasteiger partial charge in [-0.05, 0) is 39.1 Å². The highest BCUT2D eigenvalue weighted by Gasteiger charge is 2.14. The molecule has 0 fully saturated rings. The quantitative estimate of drug-likeness (QED) is 0.917. The molecular weight excluding hydrogens is 266 g/mol. The molecule has 21 heavy (non-hydrogen) atoms. The van der Waals surface area contributed by atoms with E-state index in [1.807, 2.05) is 27.9 Å². The Hall–Kier alpha value is -2.14. The number of rotatable bonds is 5. The van der Waals surface area contributed by atoms with Gasteiger partial charge in [-0.1, -0.05) is 24.3 Å². The maximum Gasteiger partial charge on any atom is 0.325 e. The first-order chi connectivity index (χ1) is 9.88. The molecule has 1 N–H and O–H groups in total. The van der Waals surface area contributed by atoms with Crippen molar-refractivity contribution in [2.24, 2.45) is 0 Å². The molecule has 0 aliphatic rings. The first kappa shape index (κ1) is 15.3. The van der Waals surface area contributed by atoms with Crippen LogP contribution in [0, 0.1) is 13.8 Å². The molecule has 0 saturated heterocycles. The number of benzene rings is 1. The number of carbonyl (C=O) groups is 1. The largest absolute Gasteiger partial charge is 0.480 e. The van der Waals surface area contributed by atoms with Crippen molar-refractivity contribution in [2.75, 3.05) is 14.1 Å². The molecule has 0 saturated carbocycles. The van der Waals surface area contributed by atoms with Crippen molar-refractivity contribution in [3.63, 3.8) is 0 Å². The molecule has 2 rings (SSSR count). The molecule has 2 aromatic rings. The Kier molecular flexibility index (Phi) is 4.43. The van der Waals surface area contributed by atoms with E-state index in [0.29, 0.717) is 0 Å². The minimum atomic E-state index is -0.881. The van der Waals surface area contributed by atoms with Gasteiger partial charge in [0, 0.05) is 17.8 Å². The van der Waals surface area contributed by atoms with Crippen LogP contribution in [-0.4, -0.2) is 39.9 Å². The molecule has 5 nitrogen and oxygen atoms in total. The van der Waals surface area contributed by atoms with Gasteiger partial charge in [-0.2, -0.15) is 5.10 Å². The minimum Gasteiger partial charge on any atom is -0.480 e. The predicted molar refractivity (Wildman–Crippen MR) is 82.2 cm³/mol. The zero-order chi connectivity index (χ0) is 15.6. The van der Waals surface area contributed by atoms with Crippen LogP contribution in [0.1, 0.15) is 17.0 Å². The van der Waals surface area contributed by atoms with Gasteiger partial charge in [0.1, 0.15) is 6.54 Å². The number of nitrogens with zero attached hydrogens (tertiary/aromatic N) is 3. The Morgan fingerprint density at radius 2 is 1.86 bits per heavy atom. The monoisotopic (exact) mass is 287 g/mol. The lowest BCUT2D eigenvalue weighted by Gasteiger charge is -2.10. The van der Waals surface area contributed by atoms with Gasteiger partial charge >= 0.3 is 5.97 Å². The third-order valence-electron chi connectivity index (χ3n) is 3.41. The summed E-state index contributed by atoms with van der Waals surface area (Å²) < 4.78 is 1.54. The van der Waals surface area contributed by atoms with Crippen LogP contribution in [-0.2, 0) is 17.9 Å². The van der Waals surface area contributed by atoms with Gasteiger partial charge in [0.15, 0.2) is 0 Å². The highest BCUT2D eigenvalue weighted by molar-refractivity contribution is 5.70. The average Bonchev–Trinajstić information content (AvgIpc) is 2.64. The fourth-order valence-corrected chi connectivity index (χ4v) is 2.54. The molecule has 0 aliphatic carbocycles. The summed E-state index contributed by atoms with van der Waals surface area (Å²) in [5.74, 6) is -0.881. The lowest BCUT2D eigenvalue weighted by Crippen LogP contribution is -2.11. The average molecular weight is 287 g/mol. The zero-order valence-corrected chi connectivity index (χ0v) is 12.9. The van der Waals surface area contributed by atoms with Gasteiger partial charge in [-0.15, -0.1) is 0 Å². The Morgan fingerprint density at radius 1 is 1.24 bits per heavy atom. The Labute approximate surface area is 124 Å². The maximum atomic E-state index is 10.9. The highest BCUT2D eigenvalue weighted by Crippen LogP contribution is 2.27. The van der Waals surface area contributed by atoms with E-state index in [-0.39, 0.29) is 6.54 Å². The summed E-state index contributed by atoms with van der Waals surface area (Å²) in [4.78, 5) is 13.0. The Morgan fingerprint density at radius 3 is 2.38 bits per heavy atom. The van der Waals surface area contributed by atoms with Crippen LogP contribution in [0.2, 0.25) is 0 Å². The smallest absolute Gasteiger partial charge is 0.325 e. The SMILES string of the molecule is Cc1nn(CC(=O)O)c(C)c1-c1ccc(CN(C)C)cc1. The Balaban J connectivity index is 2.33. The molecule has 0 atom stereocenters. The normalized spacial score (nSPS) is 11.1. The van der Waals surface area contributed by atoms with Gasteiger partial charge in [-0.25, -0.2) is 0 Å². The number of hydrogen-bond donors (Lipinski definition) is 1. The van der Waals surface area contributed by atoms with Crippen LogP contribution >= 0.6 is 0 Å². The lowest BCUT2D eigenvalue weighted by molar-refractivity contribution is -0.137. The van der Waals surface area contributed by atoms with Crippen molar-refractivity contribution in [1.82, 2.24) is 14.7 Å². The van der Waals surface area contributed by atoms with E-state index in [1.54, 1.807) is 4.68 Å². The second-order valence-corrected chi connectivity index (χ2v) is 5.53. The second-order valence-electron chi connectivity index (χ2n) is 5.53. The summed E-state index contributed by atoms with van der Waals surface area (Å²) in [5, 5.41) is 13.2. The minimum absolute atomic E-state index is 0.106. The molecule has 0 amide bonds. The van der Waals surface area contributed by atoms with Gasteiger partial charge in [0.2, 0.25) is 0 Å². The summed E-state index contributed by atoms with van der Waals surface area (Å²) >= 11 is 0. The molecule has 1 aromatic carbocycles. The van der Waals surface area contributed by atoms with Gasteiger partial charge in [0.25, 0.3) is 0 Å². The van der Waals surface area contributed by atoms with Crippen LogP contribution in [0.4, 0.5) is 0 Å². The van der Waals surface area contributed by atoms with Gasteiger partial charge in [0.05, 0.1) is 5.69 Å². The van der Waals surface area contributed by atoms with Crippen LogP contribution in [0.3, 0.4) is 0 Å². The van der Waals surface area contributed by atoms with Gasteiger partial charge in [-0.3, -0.25) is 9.48 Å². The summed E-state index contributed by atoms with van der Waals surface area (Å²) in [5.41, 5.74) is 5.08. The van der Waals surface area contributed by atoms with E-state index in [9.17, 15) is 4.79 Å². The van der Waals surface area contributed by atoms with E-state index >= 15 is 0 Å². The van der Waals surface area contributed by atoms with Crippen molar-refractivity contribution < 1.29 is 9.90 Å². The van der Waals surface area contributed by atoms with Crippen molar-refractivity contribution in [3.8, 4) is 11.1 Å². The number of hydrogen-bond acceptors (Lipinski definition) is 3. The predicted octanol–water partition coefficient (Wildman–Crippen LogP) is 2.31. The van der Waals surface area contributed by atoms with E-state index < -0.39 is 5.97 Å². The van der Waals surface area contributed by atoms with Crippen molar-refractivity contribution >= 4 is 5.97 Å². The molecule has 1 heterocycles. The number of carboxylic acids is 1. The van der Waals surface area contributed by atoms with Crippen molar-refractivity contribution in [3.05, 3.63) is 41.2 Å². The zero-order valence-electron chi connectivity index (χ0n) is 12.9. The fraction of sp³-hybridized carbons (Fsp3) is 0.375. The highest BCUT2D eigenvalue weighted by atomic mass is 16.4. The molecule has 0 radical (unpaired) electrons. The summed E-state index contributed by atoms with van der Waals surface area (Å²) in [7, 11) is 4.08. The number of aryl methyl sites for hydroxylation is 1. The van der Waals surface area contributed by atoms with Gasteiger partial charge < -0.3 is 10.0 Å². The number of carboxylic acid groups (broad SMARTS) is 1. The van der Waals surface area contributed by atoms with E-state index in [2.05, 4.69) is 34.3 Å². The van der Waals surface area contributed by atoms with Crippen LogP contribution in [0.15, 0.2) is 24.3 Å². The lowest BCUT2D eigenvalue weighted by atomic mass is 10.0. The molecule has 0 aliphatic heterocycles. The third kappa shape index (κ3) is 3.49. The summed E-state index contributed by atoms with van der Waals surface area (Å²) in [6.45, 7) is 4.61. The fourth-order valence-electron chi connectivity index (χ4n) is 2.54. The first-order valence-electron chi connectivity index (χ1n) is 6.88. The van der Waals surface area contributed by atoms with Crippen LogP contribution in [0.25, 0.3) is 11.1 Å². The first-order valence-corrected chi connectivity index (χ1v) is 6.88. The number of aliphatic carboxylic acids is 1. The topological polar surface area (TPSA) is 58.4 Å². The molecular formula is C16H21N3O2. The molecule has 0 unspecified atom stereocenters. The maximum absolute atomic E-state index is 10.9. The summed E-state index contributed by atoms with van der Waals surface area (Å²) in [6, 6.07) is 8.34. The van der Waals surface area contributed by atoms with E-state index in [4.69, 9.17) is 5.11 Å². The Bertz CT molecular complexity index is 642. The number of aromatic nitrogens is 2. The van der Waals surface area contributed by atoms with E-state index in [0.717, 1.165) is 29.1 Å². The van der Waals surface area contributed by atoms with Crippen LogP contribution in [0.5, 0.6) is 0 Å². The molecule has 1 aromatic heterocycles. The molecule has 0 bridgehead atoms. The standard InChI is InChI=1S/C16H21N3O2/c1-11-16(12(2)19(17-11)10-15(20)21)14-7-5-13(6-8-14)9-18(3)4/h5-8H,9-10H2,1-4H3,(H,20,21). The molecule has 5 heteroatoms. The van der Waals surface area contributed by atoms with Crippen molar-refractivity contribution in [1.29, 1.82) is 0 Å². The summed E-state index contributed by atoms with van der Waals surface area (Å²) in [6.07, 6.45) is 0. The van der Waals surface area contributed by atoms with Crippen LogP contribution < -0.4 is 0 Å². The second kappa shape index (κ2) is 6.10. The molecule has 0 spiro atoms. The third-order valence-corrected chi connectivity index (χ3v) is 3.41.